The number of benzene rings is 2. The van der Waals surface area contributed by atoms with Gasteiger partial charge in [-0.3, -0.25) is 0 Å². The van der Waals surface area contributed by atoms with E-state index in [4.69, 9.17) is 11.6 Å². The molecule has 0 aromatic heterocycles. The van der Waals surface area contributed by atoms with Crippen LogP contribution in [0.2, 0.25) is 5.02 Å². The van der Waals surface area contributed by atoms with Gasteiger partial charge in [0.1, 0.15) is 5.82 Å². The molecule has 0 radical (unpaired) electrons. The first kappa shape index (κ1) is 15.0. The number of hydrogen-bond donors (Lipinski definition) is 1. The zero-order valence-corrected chi connectivity index (χ0v) is 12.8. The lowest BCUT2D eigenvalue weighted by Gasteiger charge is -2.23. The second kappa shape index (κ2) is 6.38. The second-order valence-electron chi connectivity index (χ2n) is 4.92. The van der Waals surface area contributed by atoms with Gasteiger partial charge in [-0.1, -0.05) is 42.8 Å². The molecule has 0 aliphatic carbocycles. The Morgan fingerprint density at radius 3 is 2.50 bits per heavy atom. The average molecular weight is 292 g/mol. The molecule has 2 aromatic rings. The fourth-order valence-electron chi connectivity index (χ4n) is 2.44. The topological polar surface area (TPSA) is 12.0 Å². The van der Waals surface area contributed by atoms with Gasteiger partial charge >= 0.3 is 0 Å². The van der Waals surface area contributed by atoms with Crippen LogP contribution in [0.15, 0.2) is 36.4 Å². The van der Waals surface area contributed by atoms with E-state index in [1.54, 1.807) is 12.1 Å². The maximum absolute atomic E-state index is 14.2. The summed E-state index contributed by atoms with van der Waals surface area (Å²) in [5.74, 6) is -0.274. The van der Waals surface area contributed by atoms with Gasteiger partial charge in [0.15, 0.2) is 0 Å². The Bertz CT molecular complexity index is 590. The van der Waals surface area contributed by atoms with E-state index < -0.39 is 0 Å². The Balaban J connectivity index is 2.60. The van der Waals surface area contributed by atoms with Gasteiger partial charge in [0.05, 0.1) is 6.04 Å². The molecule has 1 atom stereocenters. The van der Waals surface area contributed by atoms with Gasteiger partial charge in [-0.2, -0.15) is 0 Å². The normalized spacial score (nSPS) is 12.4. The first-order valence-electron chi connectivity index (χ1n) is 6.79. The maximum atomic E-state index is 14.2. The summed E-state index contributed by atoms with van der Waals surface area (Å²) < 4.78 is 14.2. The summed E-state index contributed by atoms with van der Waals surface area (Å²) >= 11 is 6.22. The summed E-state index contributed by atoms with van der Waals surface area (Å²) in [4.78, 5) is 0. The molecule has 0 heterocycles. The van der Waals surface area contributed by atoms with Crippen molar-refractivity contribution in [3.8, 4) is 0 Å². The number of hydrogen-bond acceptors (Lipinski definition) is 1. The van der Waals surface area contributed by atoms with E-state index >= 15 is 0 Å². The quantitative estimate of drug-likeness (QED) is 0.853. The van der Waals surface area contributed by atoms with Crippen LogP contribution in [-0.4, -0.2) is 6.54 Å². The van der Waals surface area contributed by atoms with E-state index in [0.717, 1.165) is 17.7 Å². The molecule has 0 bridgehead atoms. The third kappa shape index (κ3) is 2.87. The van der Waals surface area contributed by atoms with Crippen molar-refractivity contribution in [1.82, 2.24) is 5.32 Å². The summed E-state index contributed by atoms with van der Waals surface area (Å²) in [6.07, 6.45) is 0. The van der Waals surface area contributed by atoms with Gasteiger partial charge in [0, 0.05) is 10.6 Å². The van der Waals surface area contributed by atoms with Crippen LogP contribution in [0.3, 0.4) is 0 Å². The standard InChI is InChI=1S/C17H19ClFN/c1-4-20-17(13-8-5-7-11(2)12(13)3)16-14(18)9-6-10-15(16)19/h5-10,17,20H,4H2,1-3H3. The minimum atomic E-state index is -0.274. The van der Waals surface area contributed by atoms with Crippen LogP contribution in [0.4, 0.5) is 4.39 Å². The Hall–Kier alpha value is -1.38. The molecule has 0 aliphatic rings. The van der Waals surface area contributed by atoms with Gasteiger partial charge in [0.25, 0.3) is 0 Å². The van der Waals surface area contributed by atoms with Crippen molar-refractivity contribution >= 4 is 11.6 Å². The largest absolute Gasteiger partial charge is 0.306 e. The van der Waals surface area contributed by atoms with Crippen molar-refractivity contribution in [1.29, 1.82) is 0 Å². The van der Waals surface area contributed by atoms with Crippen LogP contribution in [0, 0.1) is 19.7 Å². The smallest absolute Gasteiger partial charge is 0.129 e. The van der Waals surface area contributed by atoms with E-state index in [9.17, 15) is 4.39 Å². The Morgan fingerprint density at radius 1 is 1.15 bits per heavy atom. The van der Waals surface area contributed by atoms with E-state index in [-0.39, 0.29) is 11.9 Å². The molecule has 0 aliphatic heterocycles. The fraction of sp³-hybridized carbons (Fsp3) is 0.294. The summed E-state index contributed by atoms with van der Waals surface area (Å²) in [5, 5.41) is 3.80. The lowest BCUT2D eigenvalue weighted by Crippen LogP contribution is -2.24. The van der Waals surface area contributed by atoms with Gasteiger partial charge < -0.3 is 5.32 Å². The van der Waals surface area contributed by atoms with Gasteiger partial charge in [-0.15, -0.1) is 0 Å². The molecule has 0 saturated carbocycles. The Morgan fingerprint density at radius 2 is 1.85 bits per heavy atom. The molecule has 2 aromatic carbocycles. The summed E-state index contributed by atoms with van der Waals surface area (Å²) in [6.45, 7) is 6.87. The predicted octanol–water partition coefficient (Wildman–Crippen LogP) is 4.79. The molecule has 1 N–H and O–H groups in total. The van der Waals surface area contributed by atoms with E-state index in [0.29, 0.717) is 10.6 Å². The van der Waals surface area contributed by atoms with Crippen molar-refractivity contribution in [2.24, 2.45) is 0 Å². The molecular formula is C17H19ClFN. The zero-order chi connectivity index (χ0) is 14.7. The van der Waals surface area contributed by atoms with Crippen molar-refractivity contribution in [2.45, 2.75) is 26.8 Å². The molecule has 0 amide bonds. The molecule has 0 spiro atoms. The highest BCUT2D eigenvalue weighted by Crippen LogP contribution is 2.32. The summed E-state index contributed by atoms with van der Waals surface area (Å²) in [6, 6.07) is 10.7. The molecule has 1 nitrogen and oxygen atoms in total. The van der Waals surface area contributed by atoms with Gasteiger partial charge in [-0.05, 0) is 49.2 Å². The van der Waals surface area contributed by atoms with Crippen molar-refractivity contribution in [3.05, 3.63) is 69.5 Å². The lowest BCUT2D eigenvalue weighted by atomic mass is 9.92. The number of aryl methyl sites for hydroxylation is 1. The monoisotopic (exact) mass is 291 g/mol. The highest BCUT2D eigenvalue weighted by Gasteiger charge is 2.21. The molecule has 1 unspecified atom stereocenters. The molecule has 20 heavy (non-hydrogen) atoms. The lowest BCUT2D eigenvalue weighted by molar-refractivity contribution is 0.558. The Labute approximate surface area is 124 Å². The van der Waals surface area contributed by atoms with Crippen LogP contribution in [0.25, 0.3) is 0 Å². The highest BCUT2D eigenvalue weighted by molar-refractivity contribution is 6.31. The van der Waals surface area contributed by atoms with E-state index in [2.05, 4.69) is 25.2 Å². The number of nitrogens with one attached hydrogen (secondary N) is 1. The first-order valence-corrected chi connectivity index (χ1v) is 7.17. The Kier molecular flexibility index (Phi) is 4.79. The minimum absolute atomic E-state index is 0.228. The van der Waals surface area contributed by atoms with E-state index in [1.165, 1.54) is 11.6 Å². The molecule has 2 rings (SSSR count). The third-order valence-corrected chi connectivity index (χ3v) is 3.98. The van der Waals surface area contributed by atoms with Crippen molar-refractivity contribution in [3.63, 3.8) is 0 Å². The van der Waals surface area contributed by atoms with Crippen LogP contribution >= 0.6 is 11.6 Å². The predicted molar refractivity (Wildman–Crippen MR) is 82.8 cm³/mol. The summed E-state index contributed by atoms with van der Waals surface area (Å²) in [5.41, 5.74) is 3.94. The molecule has 106 valence electrons. The summed E-state index contributed by atoms with van der Waals surface area (Å²) in [7, 11) is 0. The van der Waals surface area contributed by atoms with Crippen LogP contribution in [0.5, 0.6) is 0 Å². The number of halogens is 2. The first-order chi connectivity index (χ1) is 9.56. The van der Waals surface area contributed by atoms with Crippen LogP contribution in [-0.2, 0) is 0 Å². The van der Waals surface area contributed by atoms with E-state index in [1.807, 2.05) is 19.1 Å². The highest BCUT2D eigenvalue weighted by atomic mass is 35.5. The average Bonchev–Trinajstić information content (AvgIpc) is 2.41. The fourth-order valence-corrected chi connectivity index (χ4v) is 2.72. The van der Waals surface area contributed by atoms with Gasteiger partial charge in [0.2, 0.25) is 0 Å². The zero-order valence-electron chi connectivity index (χ0n) is 12.0. The van der Waals surface area contributed by atoms with Gasteiger partial charge in [-0.25, -0.2) is 4.39 Å². The SMILES string of the molecule is CCNC(c1cccc(C)c1C)c1c(F)cccc1Cl. The van der Waals surface area contributed by atoms with Crippen LogP contribution < -0.4 is 5.32 Å². The third-order valence-electron chi connectivity index (χ3n) is 3.65. The molecule has 0 fully saturated rings. The van der Waals surface area contributed by atoms with Crippen molar-refractivity contribution < 1.29 is 4.39 Å². The second-order valence-corrected chi connectivity index (χ2v) is 5.32. The molecule has 0 saturated heterocycles. The maximum Gasteiger partial charge on any atom is 0.129 e. The number of rotatable bonds is 4. The molecular weight excluding hydrogens is 273 g/mol. The van der Waals surface area contributed by atoms with Crippen molar-refractivity contribution in [2.75, 3.05) is 6.54 Å². The molecule has 3 heteroatoms. The minimum Gasteiger partial charge on any atom is -0.306 e. The van der Waals surface area contributed by atoms with Crippen LogP contribution in [0.1, 0.15) is 35.2 Å².